The van der Waals surface area contributed by atoms with Crippen LogP contribution < -0.4 is 0 Å². The molecule has 0 aliphatic carbocycles. The largest absolute Gasteiger partial charge is 0.460 e. The monoisotopic (exact) mass is 450 g/mol. The summed E-state index contributed by atoms with van der Waals surface area (Å²) in [7, 11) is 0. The normalized spacial score (nSPS) is 15.6. The van der Waals surface area contributed by atoms with Gasteiger partial charge >= 0.3 is 35.8 Å². The van der Waals surface area contributed by atoms with Crippen molar-refractivity contribution in [2.75, 3.05) is 18.1 Å². The number of aliphatic hydroxyl groups excluding tert-OH is 1. The van der Waals surface area contributed by atoms with Crippen LogP contribution in [0.4, 0.5) is 57.1 Å². The third-order valence-corrected chi connectivity index (χ3v) is 3.97. The van der Waals surface area contributed by atoms with E-state index in [2.05, 4.69) is 0 Å². The summed E-state index contributed by atoms with van der Waals surface area (Å²) < 4.78 is 166. The van der Waals surface area contributed by atoms with E-state index in [0.717, 1.165) is 12.2 Å². The minimum atomic E-state index is -7.86. The molecule has 0 rings (SSSR count). The molecular weight excluding hydrogens is 439 g/mol. The average Bonchev–Trinajstić information content (AvgIpc) is 2.48. The molecule has 0 spiro atoms. The van der Waals surface area contributed by atoms with E-state index in [0.29, 0.717) is 11.8 Å². The molecule has 0 heterocycles. The number of halogens is 13. The van der Waals surface area contributed by atoms with Crippen molar-refractivity contribution < 1.29 is 62.2 Å². The Balaban J connectivity index is 5.58. The average molecular weight is 450 g/mol. The van der Waals surface area contributed by atoms with Gasteiger partial charge in [-0.25, -0.2) is 0 Å². The van der Waals surface area contributed by atoms with Crippen LogP contribution in [0.25, 0.3) is 0 Å². The highest BCUT2D eigenvalue weighted by Gasteiger charge is 2.90. The maximum absolute atomic E-state index is 13.3. The summed E-state index contributed by atoms with van der Waals surface area (Å²) in [5, 5.41) is 8.34. The second-order valence-electron chi connectivity index (χ2n) is 4.98. The first-order valence-electron chi connectivity index (χ1n) is 6.60. The number of hydrogen-bond acceptors (Lipinski definition) is 2. The predicted molar refractivity (Wildman–Crippen MR) is 69.0 cm³/mol. The second-order valence-corrected chi connectivity index (χ2v) is 6.13. The van der Waals surface area contributed by atoms with Gasteiger partial charge in [0.15, 0.2) is 0 Å². The summed E-state index contributed by atoms with van der Waals surface area (Å²) in [5.74, 6) is -37.8. The van der Waals surface area contributed by atoms with Gasteiger partial charge < -0.3 is 5.11 Å². The van der Waals surface area contributed by atoms with Gasteiger partial charge in [0, 0.05) is 12.2 Å². The summed E-state index contributed by atoms with van der Waals surface area (Å²) in [6.07, 6.45) is -7.39. The molecule has 1 N–H and O–H groups in total. The Morgan fingerprint density at radius 2 is 1.07 bits per heavy atom. The zero-order valence-corrected chi connectivity index (χ0v) is 13.6. The second kappa shape index (κ2) is 8.25. The minimum Gasteiger partial charge on any atom is -0.392 e. The summed E-state index contributed by atoms with van der Waals surface area (Å²) in [4.78, 5) is 0. The highest BCUT2D eigenvalue weighted by atomic mass is 32.2. The van der Waals surface area contributed by atoms with E-state index < -0.39 is 54.6 Å². The molecule has 27 heavy (non-hydrogen) atoms. The van der Waals surface area contributed by atoms with Crippen LogP contribution in [0.5, 0.6) is 0 Å². The lowest BCUT2D eigenvalue weighted by Gasteiger charge is -2.39. The molecule has 0 unspecified atom stereocenters. The fraction of sp³-hybridized carbons (Fsp3) is 0.833. The van der Waals surface area contributed by atoms with Crippen LogP contribution in [0.2, 0.25) is 0 Å². The topological polar surface area (TPSA) is 20.2 Å². The lowest BCUT2D eigenvalue weighted by atomic mass is 9.93. The lowest BCUT2D eigenvalue weighted by molar-refractivity contribution is -0.439. The van der Waals surface area contributed by atoms with Crippen molar-refractivity contribution in [3.63, 3.8) is 0 Å². The smallest absolute Gasteiger partial charge is 0.392 e. The Morgan fingerprint density at radius 1 is 0.630 bits per heavy atom. The first-order chi connectivity index (χ1) is 11.8. The number of thioether (sulfide) groups is 1. The van der Waals surface area contributed by atoms with E-state index in [9.17, 15) is 57.1 Å². The third-order valence-electron chi connectivity index (χ3n) is 3.04. The van der Waals surface area contributed by atoms with Crippen molar-refractivity contribution in [1.29, 1.82) is 0 Å². The molecule has 0 saturated carbocycles. The number of alkyl halides is 13. The van der Waals surface area contributed by atoms with Crippen LogP contribution >= 0.6 is 11.8 Å². The summed E-state index contributed by atoms with van der Waals surface area (Å²) in [6, 6.07) is 0. The molecule has 0 radical (unpaired) electrons. The molecule has 0 saturated heterocycles. The fourth-order valence-corrected chi connectivity index (χ4v) is 2.29. The molecule has 0 aromatic heterocycles. The van der Waals surface area contributed by atoms with Gasteiger partial charge in [-0.05, 0) is 5.75 Å². The van der Waals surface area contributed by atoms with E-state index >= 15 is 0 Å². The van der Waals surface area contributed by atoms with Gasteiger partial charge in [0.05, 0.1) is 6.61 Å². The van der Waals surface area contributed by atoms with Gasteiger partial charge in [0.1, 0.15) is 0 Å². The van der Waals surface area contributed by atoms with Crippen LogP contribution in [0.1, 0.15) is 6.42 Å². The Labute approximate surface area is 147 Å². The van der Waals surface area contributed by atoms with E-state index in [1.54, 1.807) is 0 Å². The Hall–Kier alpha value is -0.860. The SMILES string of the molecule is OCC=CCSCCC(F)(F)C(F)(F)C(F)(F)C(F)(F)C(F)(F)C(F)(F)F. The molecule has 0 bridgehead atoms. The molecule has 15 heteroatoms. The van der Waals surface area contributed by atoms with E-state index in [-0.39, 0.29) is 5.75 Å². The number of hydrogen-bond donors (Lipinski definition) is 1. The molecule has 0 aliphatic heterocycles. The van der Waals surface area contributed by atoms with Gasteiger partial charge in [-0.3, -0.25) is 0 Å². The van der Waals surface area contributed by atoms with Gasteiger partial charge in [0.25, 0.3) is 0 Å². The Morgan fingerprint density at radius 3 is 1.48 bits per heavy atom. The summed E-state index contributed by atoms with van der Waals surface area (Å²) in [6.45, 7) is -0.469. The Kier molecular flexibility index (Phi) is 7.99. The third kappa shape index (κ3) is 4.77. The zero-order chi connectivity index (χ0) is 21.9. The van der Waals surface area contributed by atoms with Crippen molar-refractivity contribution in [1.82, 2.24) is 0 Å². The molecule has 0 amide bonds. The predicted octanol–water partition coefficient (Wildman–Crippen LogP) is 5.40. The lowest BCUT2D eigenvalue weighted by Crippen LogP contribution is -2.70. The van der Waals surface area contributed by atoms with Crippen LogP contribution in [0, 0.1) is 0 Å². The van der Waals surface area contributed by atoms with Crippen LogP contribution in [-0.4, -0.2) is 59.0 Å². The first kappa shape index (κ1) is 26.1. The van der Waals surface area contributed by atoms with E-state index in [1.165, 1.54) is 0 Å². The molecular formula is C12H11F13OS. The molecule has 0 aliphatic rings. The molecule has 1 nitrogen and oxygen atoms in total. The standard InChI is InChI=1S/C12H11F13OS/c13-7(14,3-6-27-5-2-1-4-26)8(15,16)9(17,18)10(19,20)11(21,22)12(23,24)25/h1-2,26H,3-6H2. The highest BCUT2D eigenvalue weighted by molar-refractivity contribution is 7.99. The molecule has 162 valence electrons. The highest BCUT2D eigenvalue weighted by Crippen LogP contribution is 2.60. The fourth-order valence-electron chi connectivity index (χ4n) is 1.45. The van der Waals surface area contributed by atoms with Crippen molar-refractivity contribution in [2.24, 2.45) is 0 Å². The summed E-state index contributed by atoms with van der Waals surface area (Å²) >= 11 is 0.392. The molecule has 0 aromatic carbocycles. The summed E-state index contributed by atoms with van der Waals surface area (Å²) in [5.41, 5.74) is 0. The van der Waals surface area contributed by atoms with Crippen LogP contribution in [0.15, 0.2) is 12.2 Å². The molecule has 0 aromatic rings. The van der Waals surface area contributed by atoms with Crippen LogP contribution in [-0.2, 0) is 0 Å². The number of rotatable bonds is 10. The van der Waals surface area contributed by atoms with Crippen molar-refractivity contribution in [3.05, 3.63) is 12.2 Å². The van der Waals surface area contributed by atoms with Gasteiger partial charge in [-0.2, -0.15) is 68.8 Å². The van der Waals surface area contributed by atoms with Crippen molar-refractivity contribution in [2.45, 2.75) is 42.2 Å². The van der Waals surface area contributed by atoms with E-state index in [4.69, 9.17) is 5.11 Å². The molecule has 0 fully saturated rings. The van der Waals surface area contributed by atoms with Gasteiger partial charge in [-0.1, -0.05) is 12.2 Å². The van der Waals surface area contributed by atoms with Gasteiger partial charge in [-0.15, -0.1) is 0 Å². The quantitative estimate of drug-likeness (QED) is 0.274. The minimum absolute atomic E-state index is 0.194. The van der Waals surface area contributed by atoms with Crippen molar-refractivity contribution >= 4 is 11.8 Å². The van der Waals surface area contributed by atoms with Gasteiger partial charge in [0.2, 0.25) is 0 Å². The first-order valence-corrected chi connectivity index (χ1v) is 7.76. The zero-order valence-electron chi connectivity index (χ0n) is 12.8. The maximum atomic E-state index is 13.3. The Bertz CT molecular complexity index is 512. The molecule has 0 atom stereocenters. The van der Waals surface area contributed by atoms with Crippen LogP contribution in [0.3, 0.4) is 0 Å². The number of aliphatic hydroxyl groups is 1. The van der Waals surface area contributed by atoms with Crippen molar-refractivity contribution in [3.8, 4) is 0 Å². The van der Waals surface area contributed by atoms with E-state index in [1.807, 2.05) is 0 Å². The maximum Gasteiger partial charge on any atom is 0.460 e.